The minimum absolute atomic E-state index is 0.330. The lowest BCUT2D eigenvalue weighted by atomic mass is 9.70. The molecule has 0 amide bonds. The van der Waals surface area contributed by atoms with Gasteiger partial charge in [-0.3, -0.25) is 0 Å². The van der Waals surface area contributed by atoms with Crippen LogP contribution in [0.25, 0.3) is 0 Å². The summed E-state index contributed by atoms with van der Waals surface area (Å²) in [5.74, 6) is 1.28. The largest absolute Gasteiger partial charge is 0.0736 e. The molecule has 0 aromatic carbocycles. The van der Waals surface area contributed by atoms with Crippen molar-refractivity contribution in [2.75, 3.05) is 0 Å². The molecule has 0 aromatic rings. The third-order valence-electron chi connectivity index (χ3n) is 6.35. The van der Waals surface area contributed by atoms with Crippen LogP contribution in [-0.4, -0.2) is 0 Å². The van der Waals surface area contributed by atoms with Gasteiger partial charge in [-0.05, 0) is 72.7 Å². The highest BCUT2D eigenvalue weighted by Gasteiger charge is 2.38. The third-order valence-corrected chi connectivity index (χ3v) is 6.35. The van der Waals surface area contributed by atoms with Crippen molar-refractivity contribution in [3.05, 3.63) is 46.6 Å². The van der Waals surface area contributed by atoms with Gasteiger partial charge in [0.05, 0.1) is 0 Å². The van der Waals surface area contributed by atoms with E-state index in [1.165, 1.54) is 51.4 Å². The molecule has 0 radical (unpaired) electrons. The lowest BCUT2D eigenvalue weighted by Gasteiger charge is -2.34. The molecule has 4 rings (SSSR count). The molecular formula is C21H28. The molecule has 2 saturated carbocycles. The molecule has 0 spiro atoms. The van der Waals surface area contributed by atoms with E-state index in [0.29, 0.717) is 17.3 Å². The van der Waals surface area contributed by atoms with Crippen molar-refractivity contribution in [2.45, 2.75) is 65.2 Å². The number of hydrogen-bond donors (Lipinski definition) is 0. The van der Waals surface area contributed by atoms with E-state index in [0.717, 1.165) is 0 Å². The molecule has 0 N–H and O–H groups in total. The second kappa shape index (κ2) is 5.00. The summed E-state index contributed by atoms with van der Waals surface area (Å²) in [5, 5.41) is 0. The van der Waals surface area contributed by atoms with Crippen LogP contribution in [0.4, 0.5) is 0 Å². The smallest absolute Gasteiger partial charge is 0.00182 e. The van der Waals surface area contributed by atoms with Crippen LogP contribution in [0.5, 0.6) is 0 Å². The Bertz CT molecular complexity index is 523. The van der Waals surface area contributed by atoms with Gasteiger partial charge in [-0.2, -0.15) is 0 Å². The molecular weight excluding hydrogens is 252 g/mol. The van der Waals surface area contributed by atoms with Gasteiger partial charge in [-0.15, -0.1) is 0 Å². The Hall–Kier alpha value is -1.04. The van der Waals surface area contributed by atoms with E-state index in [1.807, 2.05) is 0 Å². The summed E-state index contributed by atoms with van der Waals surface area (Å²) in [4.78, 5) is 0. The standard InChI is InChI=1S/C21H28/c1-21(2,20-13-17-9-6-10-18(17)14-20)19-11-15-7-4-3-5-8-16(15)12-19/h11-14,19-20H,3-10H2,1-2H3. The summed E-state index contributed by atoms with van der Waals surface area (Å²) >= 11 is 0. The Kier molecular flexibility index (Phi) is 3.24. The summed E-state index contributed by atoms with van der Waals surface area (Å²) < 4.78 is 0. The molecule has 0 heteroatoms. The Labute approximate surface area is 129 Å². The first kappa shape index (κ1) is 13.6. The number of rotatable bonds is 2. The van der Waals surface area contributed by atoms with Gasteiger partial charge in [-0.25, -0.2) is 0 Å². The van der Waals surface area contributed by atoms with Crippen LogP contribution in [0.15, 0.2) is 46.6 Å². The Morgan fingerprint density at radius 2 is 1.00 bits per heavy atom. The molecule has 4 aliphatic rings. The SMILES string of the molecule is CC(C)(C1C=C2CCCCCC2=C1)C1C=C2CCCC2=C1. The van der Waals surface area contributed by atoms with Crippen LogP contribution in [0, 0.1) is 17.3 Å². The van der Waals surface area contributed by atoms with E-state index < -0.39 is 0 Å². The summed E-state index contributed by atoms with van der Waals surface area (Å²) in [6.07, 6.45) is 21.3. The highest BCUT2D eigenvalue weighted by molar-refractivity contribution is 5.45. The molecule has 112 valence electrons. The van der Waals surface area contributed by atoms with Crippen LogP contribution in [0.3, 0.4) is 0 Å². The van der Waals surface area contributed by atoms with E-state index in [4.69, 9.17) is 0 Å². The van der Waals surface area contributed by atoms with Crippen molar-refractivity contribution in [3.8, 4) is 0 Å². The van der Waals surface area contributed by atoms with Crippen LogP contribution in [0.1, 0.15) is 65.2 Å². The number of allylic oxidation sites excluding steroid dienone is 8. The summed E-state index contributed by atoms with van der Waals surface area (Å²) in [6.45, 7) is 4.97. The predicted octanol–water partition coefficient (Wildman–Crippen LogP) is 6.13. The van der Waals surface area contributed by atoms with Crippen LogP contribution in [-0.2, 0) is 0 Å². The lowest BCUT2D eigenvalue weighted by Crippen LogP contribution is -2.27. The molecule has 4 aliphatic carbocycles. The summed E-state index contributed by atoms with van der Waals surface area (Å²) in [7, 11) is 0. The van der Waals surface area contributed by atoms with Crippen molar-refractivity contribution in [3.63, 3.8) is 0 Å². The highest BCUT2D eigenvalue weighted by Crippen LogP contribution is 2.50. The minimum atomic E-state index is 0.330. The molecule has 0 atom stereocenters. The molecule has 0 aliphatic heterocycles. The quantitative estimate of drug-likeness (QED) is 0.571. The van der Waals surface area contributed by atoms with Gasteiger partial charge in [0.1, 0.15) is 0 Å². The van der Waals surface area contributed by atoms with E-state index in [2.05, 4.69) is 38.2 Å². The first-order chi connectivity index (χ1) is 10.1. The first-order valence-electron chi connectivity index (χ1n) is 8.98. The highest BCUT2D eigenvalue weighted by atomic mass is 14.4. The predicted molar refractivity (Wildman–Crippen MR) is 90.0 cm³/mol. The average Bonchev–Trinajstić information content (AvgIpc) is 3.10. The molecule has 0 bridgehead atoms. The van der Waals surface area contributed by atoms with E-state index in [-0.39, 0.29) is 0 Å². The molecule has 0 nitrogen and oxygen atoms in total. The van der Waals surface area contributed by atoms with Gasteiger partial charge >= 0.3 is 0 Å². The Balaban J connectivity index is 1.59. The van der Waals surface area contributed by atoms with Gasteiger partial charge in [0.2, 0.25) is 0 Å². The Morgan fingerprint density at radius 1 is 0.619 bits per heavy atom. The van der Waals surface area contributed by atoms with Gasteiger partial charge in [0.25, 0.3) is 0 Å². The molecule has 0 aromatic heterocycles. The zero-order valence-electron chi connectivity index (χ0n) is 13.6. The van der Waals surface area contributed by atoms with Crippen LogP contribution >= 0.6 is 0 Å². The third kappa shape index (κ3) is 2.28. The topological polar surface area (TPSA) is 0 Å². The van der Waals surface area contributed by atoms with Crippen molar-refractivity contribution < 1.29 is 0 Å². The maximum absolute atomic E-state index is 2.62. The molecule has 0 saturated heterocycles. The molecule has 0 heterocycles. The van der Waals surface area contributed by atoms with Crippen LogP contribution < -0.4 is 0 Å². The van der Waals surface area contributed by atoms with Crippen molar-refractivity contribution >= 4 is 0 Å². The van der Waals surface area contributed by atoms with Gasteiger partial charge in [0, 0.05) is 11.8 Å². The summed E-state index contributed by atoms with van der Waals surface area (Å²) in [5.41, 5.74) is 7.03. The number of fused-ring (bicyclic) bond motifs is 2. The molecule has 21 heavy (non-hydrogen) atoms. The van der Waals surface area contributed by atoms with Crippen molar-refractivity contribution in [1.82, 2.24) is 0 Å². The van der Waals surface area contributed by atoms with Crippen LogP contribution in [0.2, 0.25) is 0 Å². The maximum Gasteiger partial charge on any atom is 0.00182 e. The Morgan fingerprint density at radius 3 is 1.43 bits per heavy atom. The fourth-order valence-corrected chi connectivity index (χ4v) is 4.73. The second-order valence-corrected chi connectivity index (χ2v) is 8.05. The normalized spacial score (nSPS) is 26.8. The van der Waals surface area contributed by atoms with Gasteiger partial charge < -0.3 is 0 Å². The van der Waals surface area contributed by atoms with Crippen molar-refractivity contribution in [1.29, 1.82) is 0 Å². The second-order valence-electron chi connectivity index (χ2n) is 8.05. The lowest BCUT2D eigenvalue weighted by molar-refractivity contribution is 0.251. The minimum Gasteiger partial charge on any atom is -0.0736 e. The fourth-order valence-electron chi connectivity index (χ4n) is 4.73. The zero-order valence-corrected chi connectivity index (χ0v) is 13.6. The number of hydrogen-bond acceptors (Lipinski definition) is 0. The van der Waals surface area contributed by atoms with E-state index >= 15 is 0 Å². The average molecular weight is 280 g/mol. The van der Waals surface area contributed by atoms with E-state index in [9.17, 15) is 0 Å². The van der Waals surface area contributed by atoms with Crippen molar-refractivity contribution in [2.24, 2.45) is 17.3 Å². The zero-order chi connectivity index (χ0) is 14.4. The maximum atomic E-state index is 2.62. The molecule has 2 fully saturated rings. The van der Waals surface area contributed by atoms with Gasteiger partial charge in [0.15, 0.2) is 0 Å². The summed E-state index contributed by atoms with van der Waals surface area (Å²) in [6, 6.07) is 0. The fraction of sp³-hybridized carbons (Fsp3) is 0.619. The monoisotopic (exact) mass is 280 g/mol. The molecule has 0 unspecified atom stereocenters. The first-order valence-corrected chi connectivity index (χ1v) is 8.98. The van der Waals surface area contributed by atoms with Gasteiger partial charge in [-0.1, -0.05) is 44.6 Å². The van der Waals surface area contributed by atoms with E-state index in [1.54, 1.807) is 22.3 Å².